The largest absolute Gasteiger partial charge is 0.480 e. The number of hydrogen-bond donors (Lipinski definition) is 7. The van der Waals surface area contributed by atoms with Gasteiger partial charge in [0.15, 0.2) is 0 Å². The van der Waals surface area contributed by atoms with Crippen LogP contribution in [0.3, 0.4) is 0 Å². The van der Waals surface area contributed by atoms with Crippen LogP contribution in [-0.2, 0) is 24.0 Å². The molecule has 0 aliphatic rings. The van der Waals surface area contributed by atoms with Crippen molar-refractivity contribution < 1.29 is 34.2 Å². The van der Waals surface area contributed by atoms with Gasteiger partial charge in [0.25, 0.3) is 0 Å². The normalized spacial score (nSPS) is 15.7. The summed E-state index contributed by atoms with van der Waals surface area (Å²) in [5.74, 6) is -4.12. The highest BCUT2D eigenvalue weighted by atomic mass is 32.2. The van der Waals surface area contributed by atoms with Gasteiger partial charge in [-0.15, -0.1) is 0 Å². The van der Waals surface area contributed by atoms with Gasteiger partial charge in [0.05, 0.1) is 12.1 Å². The molecule has 0 spiro atoms. The Morgan fingerprint density at radius 2 is 1.47 bits per heavy atom. The SMILES string of the molecule is CSCCC(NC(=O)C(CCC(N)=O)NC(=O)C(NC(=O)C(N)C(C)C)C(C)O)C(=O)O. The number of carboxylic acid groups (broad SMARTS) is 1. The van der Waals surface area contributed by atoms with Crippen LogP contribution in [0, 0.1) is 5.92 Å². The smallest absolute Gasteiger partial charge is 0.326 e. The van der Waals surface area contributed by atoms with Crippen molar-refractivity contribution in [3.05, 3.63) is 0 Å². The summed E-state index contributed by atoms with van der Waals surface area (Å²) >= 11 is 1.40. The fourth-order valence-electron chi connectivity index (χ4n) is 2.54. The van der Waals surface area contributed by atoms with E-state index in [1.807, 2.05) is 0 Å². The second kappa shape index (κ2) is 14.6. The Balaban J connectivity index is 5.47. The van der Waals surface area contributed by atoms with Crippen LogP contribution >= 0.6 is 11.8 Å². The number of nitrogens with one attached hydrogen (secondary N) is 3. The van der Waals surface area contributed by atoms with Crippen LogP contribution in [0.1, 0.15) is 40.0 Å². The van der Waals surface area contributed by atoms with E-state index in [1.165, 1.54) is 18.7 Å². The van der Waals surface area contributed by atoms with Crippen molar-refractivity contribution in [2.75, 3.05) is 12.0 Å². The number of carboxylic acids is 1. The van der Waals surface area contributed by atoms with Crippen LogP contribution in [0.25, 0.3) is 0 Å². The number of hydrogen-bond acceptors (Lipinski definition) is 8. The van der Waals surface area contributed by atoms with Gasteiger partial charge in [-0.1, -0.05) is 13.8 Å². The van der Waals surface area contributed by atoms with Gasteiger partial charge in [-0.3, -0.25) is 19.2 Å². The summed E-state index contributed by atoms with van der Waals surface area (Å²) in [6, 6.07) is -4.86. The van der Waals surface area contributed by atoms with Crippen molar-refractivity contribution in [1.29, 1.82) is 0 Å². The van der Waals surface area contributed by atoms with Gasteiger partial charge in [0, 0.05) is 6.42 Å². The fraction of sp³-hybridized carbons (Fsp3) is 0.737. The minimum Gasteiger partial charge on any atom is -0.480 e. The number of rotatable bonds is 15. The molecule has 0 aromatic rings. The van der Waals surface area contributed by atoms with Crippen molar-refractivity contribution in [2.45, 2.75) is 70.3 Å². The highest BCUT2D eigenvalue weighted by Crippen LogP contribution is 2.06. The van der Waals surface area contributed by atoms with Crippen LogP contribution in [0.2, 0.25) is 0 Å². The molecular weight excluding hydrogens is 442 g/mol. The number of carbonyl (C=O) groups is 5. The summed E-state index contributed by atoms with van der Waals surface area (Å²) < 4.78 is 0. The lowest BCUT2D eigenvalue weighted by atomic mass is 10.0. The van der Waals surface area contributed by atoms with E-state index < -0.39 is 59.9 Å². The molecule has 0 saturated carbocycles. The zero-order valence-electron chi connectivity index (χ0n) is 18.8. The molecule has 13 heteroatoms. The van der Waals surface area contributed by atoms with Crippen molar-refractivity contribution in [3.63, 3.8) is 0 Å². The van der Waals surface area contributed by atoms with Crippen molar-refractivity contribution in [2.24, 2.45) is 17.4 Å². The Hall–Kier alpha value is -2.38. The molecule has 5 unspecified atom stereocenters. The zero-order chi connectivity index (χ0) is 25.0. The first-order chi connectivity index (χ1) is 14.8. The summed E-state index contributed by atoms with van der Waals surface area (Å²) in [6.45, 7) is 4.69. The molecule has 184 valence electrons. The maximum atomic E-state index is 12.7. The van der Waals surface area contributed by atoms with E-state index in [9.17, 15) is 34.2 Å². The molecular formula is C19H35N5O7S. The third kappa shape index (κ3) is 10.8. The molecule has 0 aliphatic carbocycles. The average molecular weight is 478 g/mol. The summed E-state index contributed by atoms with van der Waals surface area (Å²) in [4.78, 5) is 60.2. The lowest BCUT2D eigenvalue weighted by molar-refractivity contribution is -0.142. The molecule has 0 heterocycles. The highest BCUT2D eigenvalue weighted by molar-refractivity contribution is 7.98. The first-order valence-electron chi connectivity index (χ1n) is 10.2. The zero-order valence-corrected chi connectivity index (χ0v) is 19.6. The standard InChI is InChI=1S/C19H35N5O7S/c1-9(2)14(21)17(28)24-15(10(3)25)18(29)22-11(5-6-13(20)26)16(27)23-12(19(30)31)7-8-32-4/h9-12,14-15,25H,5-8,21H2,1-4H3,(H2,20,26)(H,22,29)(H,23,27)(H,24,28)(H,30,31). The van der Waals surface area contributed by atoms with E-state index in [0.29, 0.717) is 5.75 Å². The van der Waals surface area contributed by atoms with Gasteiger partial charge >= 0.3 is 5.97 Å². The molecule has 0 aromatic carbocycles. The van der Waals surface area contributed by atoms with Crippen LogP contribution in [0.5, 0.6) is 0 Å². The number of aliphatic hydroxyl groups excluding tert-OH is 1. The van der Waals surface area contributed by atoms with Gasteiger partial charge in [0.2, 0.25) is 23.6 Å². The van der Waals surface area contributed by atoms with Gasteiger partial charge in [-0.05, 0) is 37.7 Å². The van der Waals surface area contributed by atoms with Crippen LogP contribution in [0.4, 0.5) is 0 Å². The minimum atomic E-state index is -1.43. The quantitative estimate of drug-likeness (QED) is 0.137. The predicted octanol–water partition coefficient (Wildman–Crippen LogP) is -2.09. The monoisotopic (exact) mass is 477 g/mol. The first-order valence-corrected chi connectivity index (χ1v) is 11.6. The van der Waals surface area contributed by atoms with Gasteiger partial charge in [0.1, 0.15) is 18.1 Å². The van der Waals surface area contributed by atoms with Crippen LogP contribution in [-0.4, -0.2) is 82.1 Å². The Bertz CT molecular complexity index is 674. The second-order valence-corrected chi connectivity index (χ2v) is 8.73. The number of aliphatic carboxylic acids is 1. The van der Waals surface area contributed by atoms with Crippen LogP contribution < -0.4 is 27.4 Å². The van der Waals surface area contributed by atoms with Gasteiger partial charge in [-0.25, -0.2) is 4.79 Å². The van der Waals surface area contributed by atoms with Crippen molar-refractivity contribution in [1.82, 2.24) is 16.0 Å². The van der Waals surface area contributed by atoms with E-state index in [1.54, 1.807) is 20.1 Å². The van der Waals surface area contributed by atoms with Gasteiger partial charge in [-0.2, -0.15) is 11.8 Å². The molecule has 0 radical (unpaired) electrons. The lowest BCUT2D eigenvalue weighted by Gasteiger charge is -2.27. The highest BCUT2D eigenvalue weighted by Gasteiger charge is 2.32. The molecule has 0 saturated heterocycles. The Morgan fingerprint density at radius 1 is 0.906 bits per heavy atom. The number of aliphatic hydroxyl groups is 1. The molecule has 32 heavy (non-hydrogen) atoms. The Morgan fingerprint density at radius 3 is 1.91 bits per heavy atom. The predicted molar refractivity (Wildman–Crippen MR) is 119 cm³/mol. The second-order valence-electron chi connectivity index (χ2n) is 7.74. The molecule has 0 rings (SSSR count). The molecule has 0 bridgehead atoms. The molecule has 9 N–H and O–H groups in total. The third-order valence-electron chi connectivity index (χ3n) is 4.62. The Kier molecular flexibility index (Phi) is 13.5. The van der Waals surface area contributed by atoms with E-state index in [4.69, 9.17) is 11.5 Å². The molecule has 12 nitrogen and oxygen atoms in total. The molecule has 0 aliphatic heterocycles. The number of thioether (sulfide) groups is 1. The van der Waals surface area contributed by atoms with Crippen molar-refractivity contribution in [3.8, 4) is 0 Å². The topological polar surface area (TPSA) is 214 Å². The fourth-order valence-corrected chi connectivity index (χ4v) is 3.01. The number of amides is 4. The number of nitrogens with two attached hydrogens (primary N) is 2. The van der Waals surface area contributed by atoms with E-state index in [2.05, 4.69) is 16.0 Å². The Labute approximate surface area is 191 Å². The number of primary amides is 1. The molecule has 0 fully saturated rings. The lowest BCUT2D eigenvalue weighted by Crippen LogP contribution is -2.60. The summed E-state index contributed by atoms with van der Waals surface area (Å²) in [7, 11) is 0. The van der Waals surface area contributed by atoms with Crippen LogP contribution in [0.15, 0.2) is 0 Å². The minimum absolute atomic E-state index is 0.151. The van der Waals surface area contributed by atoms with Crippen molar-refractivity contribution >= 4 is 41.4 Å². The maximum absolute atomic E-state index is 12.7. The molecule has 5 atom stereocenters. The maximum Gasteiger partial charge on any atom is 0.326 e. The van der Waals surface area contributed by atoms with E-state index in [-0.39, 0.29) is 25.2 Å². The molecule has 4 amide bonds. The van der Waals surface area contributed by atoms with E-state index in [0.717, 1.165) is 0 Å². The number of carbonyl (C=O) groups excluding carboxylic acids is 4. The summed E-state index contributed by atoms with van der Waals surface area (Å²) in [5, 5.41) is 26.3. The summed E-state index contributed by atoms with van der Waals surface area (Å²) in [5.41, 5.74) is 10.9. The first kappa shape index (κ1) is 29.6. The molecule has 0 aromatic heterocycles. The van der Waals surface area contributed by atoms with E-state index >= 15 is 0 Å². The summed E-state index contributed by atoms with van der Waals surface area (Å²) in [6.07, 6.45) is 0.148. The van der Waals surface area contributed by atoms with Gasteiger partial charge < -0.3 is 37.6 Å². The third-order valence-corrected chi connectivity index (χ3v) is 5.27. The average Bonchev–Trinajstić information content (AvgIpc) is 2.70.